The summed E-state index contributed by atoms with van der Waals surface area (Å²) in [7, 11) is 0. The lowest BCUT2D eigenvalue weighted by Crippen LogP contribution is -1.93. The Morgan fingerprint density at radius 1 is 1.00 bits per heavy atom. The maximum Gasteiger partial charge on any atom is 0.0935 e. The molecule has 0 unspecified atom stereocenters. The highest BCUT2D eigenvalue weighted by Gasteiger charge is 2.26. The standard InChI is InChI=1S/C16H22N/c1-4-7-12-10-15-16(14(12)9-6-3)13(8-5-2)11-17-15/h10H,4-9H2,1-3H3. The van der Waals surface area contributed by atoms with Gasteiger partial charge >= 0.3 is 0 Å². The summed E-state index contributed by atoms with van der Waals surface area (Å²) >= 11 is 0. The van der Waals surface area contributed by atoms with Crippen LogP contribution in [0.5, 0.6) is 0 Å². The minimum absolute atomic E-state index is 1.11. The van der Waals surface area contributed by atoms with Crippen LogP contribution in [0.4, 0.5) is 0 Å². The first kappa shape index (κ1) is 12.3. The van der Waals surface area contributed by atoms with E-state index in [0.717, 1.165) is 6.42 Å². The van der Waals surface area contributed by atoms with E-state index in [0.29, 0.717) is 0 Å². The molecular weight excluding hydrogens is 206 g/mol. The molecule has 1 heterocycles. The highest BCUT2D eigenvalue weighted by atomic mass is 14.8. The van der Waals surface area contributed by atoms with Gasteiger partial charge in [0.05, 0.1) is 11.9 Å². The van der Waals surface area contributed by atoms with Gasteiger partial charge in [-0.25, -0.2) is 4.99 Å². The number of fused-ring (bicyclic) bond motifs is 1. The van der Waals surface area contributed by atoms with Gasteiger partial charge in [-0.1, -0.05) is 40.0 Å². The Morgan fingerprint density at radius 2 is 1.71 bits per heavy atom. The molecule has 1 aliphatic heterocycles. The van der Waals surface area contributed by atoms with Crippen LogP contribution in [0.2, 0.25) is 0 Å². The van der Waals surface area contributed by atoms with Gasteiger partial charge in [-0.15, -0.1) is 0 Å². The van der Waals surface area contributed by atoms with Crippen LogP contribution < -0.4 is 0 Å². The van der Waals surface area contributed by atoms with E-state index in [1.54, 1.807) is 5.57 Å². The van der Waals surface area contributed by atoms with Crippen LogP contribution in [-0.4, -0.2) is 6.21 Å². The number of rotatable bonds is 6. The van der Waals surface area contributed by atoms with E-state index in [1.165, 1.54) is 54.5 Å². The molecule has 1 radical (unpaired) electrons. The average molecular weight is 228 g/mol. The van der Waals surface area contributed by atoms with Crippen molar-refractivity contribution in [3.63, 3.8) is 0 Å². The van der Waals surface area contributed by atoms with Gasteiger partial charge in [0.1, 0.15) is 0 Å². The van der Waals surface area contributed by atoms with E-state index in [4.69, 9.17) is 0 Å². The van der Waals surface area contributed by atoms with Crippen LogP contribution in [0.3, 0.4) is 0 Å². The lowest BCUT2D eigenvalue weighted by molar-refractivity contribution is 0.864. The van der Waals surface area contributed by atoms with Crippen molar-refractivity contribution in [1.29, 1.82) is 0 Å². The fraction of sp³-hybridized carbons (Fsp3) is 0.562. The van der Waals surface area contributed by atoms with Crippen molar-refractivity contribution in [2.75, 3.05) is 0 Å². The summed E-state index contributed by atoms with van der Waals surface area (Å²) in [4.78, 5) is 4.46. The van der Waals surface area contributed by atoms with E-state index in [1.807, 2.05) is 0 Å². The van der Waals surface area contributed by atoms with Gasteiger partial charge in [0.25, 0.3) is 0 Å². The van der Waals surface area contributed by atoms with Crippen LogP contribution in [0.25, 0.3) is 0 Å². The third-order valence-corrected chi connectivity index (χ3v) is 3.39. The third-order valence-electron chi connectivity index (χ3n) is 3.39. The van der Waals surface area contributed by atoms with Gasteiger partial charge in [0.2, 0.25) is 0 Å². The van der Waals surface area contributed by atoms with Gasteiger partial charge in [0, 0.05) is 5.57 Å². The van der Waals surface area contributed by atoms with Gasteiger partial charge in [-0.3, -0.25) is 0 Å². The molecule has 0 spiro atoms. The van der Waals surface area contributed by atoms with Crippen molar-refractivity contribution in [3.05, 3.63) is 34.1 Å². The molecule has 2 aliphatic rings. The Morgan fingerprint density at radius 3 is 2.35 bits per heavy atom. The first-order valence-corrected chi connectivity index (χ1v) is 6.96. The van der Waals surface area contributed by atoms with Crippen molar-refractivity contribution in [2.45, 2.75) is 59.3 Å². The monoisotopic (exact) mass is 228 g/mol. The minimum Gasteiger partial charge on any atom is -0.246 e. The first-order valence-electron chi connectivity index (χ1n) is 6.96. The van der Waals surface area contributed by atoms with E-state index in [9.17, 15) is 0 Å². The van der Waals surface area contributed by atoms with E-state index >= 15 is 0 Å². The number of hydrogen-bond donors (Lipinski definition) is 0. The summed E-state index contributed by atoms with van der Waals surface area (Å²) in [6.07, 6.45) is 12.6. The molecule has 0 aromatic heterocycles. The maximum absolute atomic E-state index is 4.46. The highest BCUT2D eigenvalue weighted by Crippen LogP contribution is 2.41. The maximum atomic E-state index is 4.46. The summed E-state index contributed by atoms with van der Waals surface area (Å²) in [5, 5.41) is 0. The largest absolute Gasteiger partial charge is 0.246 e. The molecule has 0 atom stereocenters. The molecule has 2 rings (SSSR count). The van der Waals surface area contributed by atoms with Crippen molar-refractivity contribution < 1.29 is 0 Å². The second kappa shape index (κ2) is 5.48. The average Bonchev–Trinajstić information content (AvgIpc) is 2.83. The zero-order chi connectivity index (χ0) is 12.3. The normalized spacial score (nSPS) is 18.2. The summed E-state index contributed by atoms with van der Waals surface area (Å²) in [6.45, 7) is 6.73. The van der Waals surface area contributed by atoms with Crippen LogP contribution in [0, 0.1) is 0 Å². The topological polar surface area (TPSA) is 12.4 Å². The summed E-state index contributed by atoms with van der Waals surface area (Å²) in [6, 6.07) is 0. The van der Waals surface area contributed by atoms with Crippen molar-refractivity contribution in [3.8, 4) is 0 Å². The molecule has 0 aromatic carbocycles. The fourth-order valence-corrected chi connectivity index (χ4v) is 2.71. The summed E-state index contributed by atoms with van der Waals surface area (Å²) in [5.41, 5.74) is 7.03. The predicted molar refractivity (Wildman–Crippen MR) is 74.3 cm³/mol. The Bertz CT molecular complexity index is 419. The molecule has 0 amide bonds. The quantitative estimate of drug-likeness (QED) is 0.617. The van der Waals surface area contributed by atoms with Gasteiger partial charge < -0.3 is 0 Å². The third kappa shape index (κ3) is 2.29. The summed E-state index contributed by atoms with van der Waals surface area (Å²) in [5.74, 6) is 0. The number of nitrogens with zero attached hydrogens (tertiary/aromatic N) is 1. The Kier molecular flexibility index (Phi) is 3.98. The van der Waals surface area contributed by atoms with Crippen molar-refractivity contribution in [2.24, 2.45) is 4.99 Å². The molecule has 91 valence electrons. The zero-order valence-corrected chi connectivity index (χ0v) is 11.3. The Hall–Kier alpha value is -1.11. The molecule has 1 aliphatic carbocycles. The van der Waals surface area contributed by atoms with Crippen LogP contribution in [0.1, 0.15) is 59.3 Å². The van der Waals surface area contributed by atoms with E-state index in [2.05, 4.69) is 38.1 Å². The molecular formula is C16H22N. The van der Waals surface area contributed by atoms with Gasteiger partial charge in [0.15, 0.2) is 0 Å². The molecule has 0 N–H and O–H groups in total. The number of allylic oxidation sites excluding steroid dienone is 4. The number of hydrogen-bond acceptors (Lipinski definition) is 1. The lowest BCUT2D eigenvalue weighted by atomic mass is 9.94. The number of aliphatic imine (C=N–C) groups is 1. The molecule has 0 fully saturated rings. The second-order valence-corrected chi connectivity index (χ2v) is 4.86. The molecule has 1 nitrogen and oxygen atoms in total. The zero-order valence-electron chi connectivity index (χ0n) is 11.3. The predicted octanol–water partition coefficient (Wildman–Crippen LogP) is 4.84. The lowest BCUT2D eigenvalue weighted by Gasteiger charge is -2.09. The molecule has 0 saturated heterocycles. The minimum atomic E-state index is 1.11. The molecule has 1 heteroatoms. The van der Waals surface area contributed by atoms with Crippen LogP contribution in [-0.2, 0) is 0 Å². The molecule has 17 heavy (non-hydrogen) atoms. The molecule has 0 bridgehead atoms. The van der Waals surface area contributed by atoms with Crippen LogP contribution >= 0.6 is 0 Å². The first-order chi connectivity index (χ1) is 8.31. The Labute approximate surface area is 105 Å². The van der Waals surface area contributed by atoms with E-state index < -0.39 is 0 Å². The van der Waals surface area contributed by atoms with Crippen molar-refractivity contribution >= 4 is 6.21 Å². The van der Waals surface area contributed by atoms with Gasteiger partial charge in [-0.2, -0.15) is 0 Å². The Balaban J connectivity index is 2.35. The smallest absolute Gasteiger partial charge is 0.0935 e. The van der Waals surface area contributed by atoms with Crippen molar-refractivity contribution in [1.82, 2.24) is 0 Å². The van der Waals surface area contributed by atoms with Crippen LogP contribution in [0.15, 0.2) is 39.1 Å². The molecule has 0 saturated carbocycles. The second-order valence-electron chi connectivity index (χ2n) is 4.86. The summed E-state index contributed by atoms with van der Waals surface area (Å²) < 4.78 is 0. The fourth-order valence-electron chi connectivity index (χ4n) is 2.71. The van der Waals surface area contributed by atoms with E-state index in [-0.39, 0.29) is 0 Å². The highest BCUT2D eigenvalue weighted by molar-refractivity contribution is 5.90. The molecule has 0 aromatic rings. The SMILES string of the molecule is CCCC1=C2C(=CC(CCC)=C2CCC)N=[C]1. The van der Waals surface area contributed by atoms with Gasteiger partial charge in [-0.05, 0) is 42.1 Å².